The molecule has 0 unspecified atom stereocenters. The first-order valence-electron chi connectivity index (χ1n) is 4.00. The zero-order chi connectivity index (χ0) is 10.3. The lowest BCUT2D eigenvalue weighted by atomic mass is 10.1. The predicted molar refractivity (Wildman–Crippen MR) is 61.8 cm³/mol. The molecule has 0 saturated carbocycles. The quantitative estimate of drug-likeness (QED) is 0.663. The van der Waals surface area contributed by atoms with Crippen molar-refractivity contribution in [2.75, 3.05) is 0 Å². The van der Waals surface area contributed by atoms with Crippen molar-refractivity contribution >= 4 is 42.8 Å². The van der Waals surface area contributed by atoms with Gasteiger partial charge in [-0.25, -0.2) is 9.37 Å². The van der Waals surface area contributed by atoms with Gasteiger partial charge in [0, 0.05) is 9.86 Å². The zero-order valence-corrected chi connectivity index (χ0v) is 10.5. The Bertz CT molecular complexity index is 464. The lowest BCUT2D eigenvalue weighted by Gasteiger charge is -2.04. The second-order valence-electron chi connectivity index (χ2n) is 3.05. The fourth-order valence-corrected chi connectivity index (χ4v) is 2.42. The van der Waals surface area contributed by atoms with Crippen LogP contribution in [0.15, 0.2) is 27.3 Å². The van der Waals surface area contributed by atoms with Crippen molar-refractivity contribution in [3.05, 3.63) is 38.7 Å². The van der Waals surface area contributed by atoms with Gasteiger partial charge in [0.15, 0.2) is 0 Å². The summed E-state index contributed by atoms with van der Waals surface area (Å²) in [6.45, 7) is 1.93. The Morgan fingerprint density at radius 3 is 2.64 bits per heavy atom. The lowest BCUT2D eigenvalue weighted by molar-refractivity contribution is 0.628. The van der Waals surface area contributed by atoms with Gasteiger partial charge in [-0.1, -0.05) is 0 Å². The smallest absolute Gasteiger partial charge is 0.125 e. The Morgan fingerprint density at radius 1 is 1.21 bits per heavy atom. The molecule has 0 fully saturated rings. The van der Waals surface area contributed by atoms with Crippen LogP contribution in [0.5, 0.6) is 0 Å². The van der Waals surface area contributed by atoms with E-state index < -0.39 is 0 Å². The van der Waals surface area contributed by atoms with Crippen LogP contribution in [-0.2, 0) is 0 Å². The summed E-state index contributed by atoms with van der Waals surface area (Å²) in [5.41, 5.74) is 1.78. The largest absolute Gasteiger partial charge is 0.240 e. The van der Waals surface area contributed by atoms with Crippen LogP contribution in [0.25, 0.3) is 10.9 Å². The number of nitrogens with zero attached hydrogens (tertiary/aromatic N) is 1. The number of benzene rings is 1. The zero-order valence-electron chi connectivity index (χ0n) is 7.31. The third-order valence-electron chi connectivity index (χ3n) is 2.01. The fourth-order valence-electron chi connectivity index (χ4n) is 1.38. The van der Waals surface area contributed by atoms with Crippen LogP contribution in [-0.4, -0.2) is 4.98 Å². The van der Waals surface area contributed by atoms with Crippen molar-refractivity contribution in [1.29, 1.82) is 0 Å². The van der Waals surface area contributed by atoms with Crippen LogP contribution in [0, 0.1) is 12.7 Å². The van der Waals surface area contributed by atoms with E-state index >= 15 is 0 Å². The summed E-state index contributed by atoms with van der Waals surface area (Å²) < 4.78 is 14.5. The average molecular weight is 319 g/mol. The van der Waals surface area contributed by atoms with E-state index in [9.17, 15) is 4.39 Å². The number of hydrogen-bond acceptors (Lipinski definition) is 1. The summed E-state index contributed by atoms with van der Waals surface area (Å²) in [5, 5.41) is 0.833. The van der Waals surface area contributed by atoms with Crippen molar-refractivity contribution in [2.24, 2.45) is 0 Å². The van der Waals surface area contributed by atoms with Gasteiger partial charge in [-0.3, -0.25) is 0 Å². The van der Waals surface area contributed by atoms with E-state index in [4.69, 9.17) is 0 Å². The summed E-state index contributed by atoms with van der Waals surface area (Å²) >= 11 is 6.60. The number of hydrogen-bond donors (Lipinski definition) is 0. The van der Waals surface area contributed by atoms with Gasteiger partial charge in [0.25, 0.3) is 0 Å². The van der Waals surface area contributed by atoms with Gasteiger partial charge >= 0.3 is 0 Å². The molecule has 0 amide bonds. The molecule has 2 rings (SSSR count). The Labute approximate surface area is 97.6 Å². The minimum Gasteiger partial charge on any atom is -0.240 e. The van der Waals surface area contributed by atoms with Crippen molar-refractivity contribution in [3.8, 4) is 0 Å². The molecule has 0 saturated heterocycles. The summed E-state index contributed by atoms with van der Waals surface area (Å²) in [6, 6.07) is 4.78. The monoisotopic (exact) mass is 317 g/mol. The van der Waals surface area contributed by atoms with E-state index in [-0.39, 0.29) is 5.82 Å². The minimum atomic E-state index is -0.253. The van der Waals surface area contributed by atoms with Gasteiger partial charge in [0.05, 0.1) is 5.52 Å². The van der Waals surface area contributed by atoms with Crippen molar-refractivity contribution in [1.82, 2.24) is 4.98 Å². The Hall–Kier alpha value is -0.480. The van der Waals surface area contributed by atoms with E-state index in [1.54, 1.807) is 0 Å². The highest BCUT2D eigenvalue weighted by Crippen LogP contribution is 2.27. The Kier molecular flexibility index (Phi) is 2.58. The third kappa shape index (κ3) is 1.68. The molecular formula is C10H6Br2FN. The molecule has 1 aromatic heterocycles. The van der Waals surface area contributed by atoms with Crippen LogP contribution in [0.3, 0.4) is 0 Å². The van der Waals surface area contributed by atoms with E-state index in [0.717, 1.165) is 21.1 Å². The molecule has 2 aromatic rings. The molecule has 1 heterocycles. The number of halogens is 3. The lowest BCUT2D eigenvalue weighted by Crippen LogP contribution is -1.87. The normalized spacial score (nSPS) is 10.9. The minimum absolute atomic E-state index is 0.253. The molecule has 14 heavy (non-hydrogen) atoms. The number of aromatic nitrogens is 1. The molecule has 0 radical (unpaired) electrons. The van der Waals surface area contributed by atoms with Gasteiger partial charge in [0.2, 0.25) is 0 Å². The molecule has 0 bridgehead atoms. The number of rotatable bonds is 0. The third-order valence-corrected chi connectivity index (χ3v) is 3.02. The Morgan fingerprint density at radius 2 is 1.93 bits per heavy atom. The molecule has 1 nitrogen and oxygen atoms in total. The first kappa shape index (κ1) is 10.1. The van der Waals surface area contributed by atoms with Crippen LogP contribution < -0.4 is 0 Å². The number of aryl methyl sites for hydroxylation is 1. The van der Waals surface area contributed by atoms with Gasteiger partial charge in [-0.2, -0.15) is 0 Å². The summed E-state index contributed by atoms with van der Waals surface area (Å²) in [5.74, 6) is -0.253. The fraction of sp³-hybridized carbons (Fsp3) is 0.100. The first-order chi connectivity index (χ1) is 6.58. The molecule has 1 aromatic carbocycles. The molecule has 0 spiro atoms. The van der Waals surface area contributed by atoms with Gasteiger partial charge in [-0.05, 0) is 62.5 Å². The SMILES string of the molecule is Cc1cc(Br)nc2c(Br)cc(F)cc12. The van der Waals surface area contributed by atoms with Gasteiger partial charge in [-0.15, -0.1) is 0 Å². The highest BCUT2D eigenvalue weighted by atomic mass is 79.9. The number of pyridine rings is 1. The maximum atomic E-state index is 13.1. The second-order valence-corrected chi connectivity index (χ2v) is 4.71. The standard InChI is InChI=1S/C10H6Br2FN/c1-5-2-9(12)14-10-7(5)3-6(13)4-8(10)11/h2-4H,1H3. The summed E-state index contributed by atoms with van der Waals surface area (Å²) in [6.07, 6.45) is 0. The Balaban J connectivity index is 2.94. The van der Waals surface area contributed by atoms with E-state index in [2.05, 4.69) is 36.8 Å². The van der Waals surface area contributed by atoms with E-state index in [0.29, 0.717) is 4.47 Å². The number of fused-ring (bicyclic) bond motifs is 1. The van der Waals surface area contributed by atoms with Crippen LogP contribution in [0.2, 0.25) is 0 Å². The maximum Gasteiger partial charge on any atom is 0.125 e. The molecule has 0 aliphatic carbocycles. The van der Waals surface area contributed by atoms with E-state index in [1.165, 1.54) is 12.1 Å². The molecule has 0 N–H and O–H groups in total. The van der Waals surface area contributed by atoms with E-state index in [1.807, 2.05) is 13.0 Å². The van der Waals surface area contributed by atoms with Crippen molar-refractivity contribution in [3.63, 3.8) is 0 Å². The van der Waals surface area contributed by atoms with Gasteiger partial charge < -0.3 is 0 Å². The predicted octanol–water partition coefficient (Wildman–Crippen LogP) is 4.21. The topological polar surface area (TPSA) is 12.9 Å². The summed E-state index contributed by atoms with van der Waals surface area (Å²) in [4.78, 5) is 4.28. The maximum absolute atomic E-state index is 13.1. The summed E-state index contributed by atoms with van der Waals surface area (Å²) in [7, 11) is 0. The molecule has 0 atom stereocenters. The van der Waals surface area contributed by atoms with Crippen molar-refractivity contribution in [2.45, 2.75) is 6.92 Å². The van der Waals surface area contributed by atoms with Crippen LogP contribution in [0.4, 0.5) is 4.39 Å². The highest BCUT2D eigenvalue weighted by Gasteiger charge is 2.06. The second kappa shape index (κ2) is 3.59. The highest BCUT2D eigenvalue weighted by molar-refractivity contribution is 9.11. The van der Waals surface area contributed by atoms with Crippen molar-refractivity contribution < 1.29 is 4.39 Å². The molecule has 4 heteroatoms. The molecule has 0 aliphatic heterocycles. The van der Waals surface area contributed by atoms with Crippen LogP contribution >= 0.6 is 31.9 Å². The first-order valence-corrected chi connectivity index (χ1v) is 5.58. The van der Waals surface area contributed by atoms with Gasteiger partial charge in [0.1, 0.15) is 10.4 Å². The molecular weight excluding hydrogens is 313 g/mol. The molecule has 72 valence electrons. The van der Waals surface area contributed by atoms with Crippen LogP contribution in [0.1, 0.15) is 5.56 Å². The molecule has 0 aliphatic rings. The average Bonchev–Trinajstić information content (AvgIpc) is 2.07.